The second kappa shape index (κ2) is 19.0. The average Bonchev–Trinajstić information content (AvgIpc) is 2.96. The van der Waals surface area contributed by atoms with Crippen molar-refractivity contribution < 1.29 is 0 Å². The summed E-state index contributed by atoms with van der Waals surface area (Å²) in [4.78, 5) is 17.9. The molecule has 1 aliphatic rings. The van der Waals surface area contributed by atoms with E-state index in [1.54, 1.807) is 24.8 Å². The highest BCUT2D eigenvalue weighted by Gasteiger charge is 1.95. The van der Waals surface area contributed by atoms with E-state index in [1.807, 2.05) is 152 Å². The largest absolute Gasteiger partial charge is 0.264 e. The molecule has 39 heavy (non-hydrogen) atoms. The zero-order valence-electron chi connectivity index (χ0n) is 21.8. The van der Waals surface area contributed by atoms with Crippen molar-refractivity contribution in [2.45, 2.75) is 6.42 Å². The molecule has 4 heteroatoms. The number of rotatable bonds is 0. The average molecular weight is 509 g/mol. The summed E-state index contributed by atoms with van der Waals surface area (Å²) >= 11 is 0. The van der Waals surface area contributed by atoms with Crippen molar-refractivity contribution in [3.63, 3.8) is 0 Å². The van der Waals surface area contributed by atoms with E-state index in [0.717, 1.165) is 28.9 Å². The van der Waals surface area contributed by atoms with E-state index in [-0.39, 0.29) is 0 Å². The molecule has 0 unspecified atom stereocenters. The minimum absolute atomic E-state index is 0.742. The van der Waals surface area contributed by atoms with Crippen LogP contribution in [0.4, 0.5) is 11.4 Å². The van der Waals surface area contributed by atoms with Crippen molar-refractivity contribution in [3.05, 3.63) is 169 Å². The number of para-hydroxylation sites is 2. The SMILES string of the molecule is C1=CC=CC=CN=Cc2ccccc2N=CCC=CC=CC=CC=CC=Nc2ccccc2C=NC=CC=C1. The zero-order valence-corrected chi connectivity index (χ0v) is 21.8. The molecule has 0 bridgehead atoms. The maximum absolute atomic E-state index is 4.59. The Balaban J connectivity index is 1.71. The van der Waals surface area contributed by atoms with Gasteiger partial charge in [-0.1, -0.05) is 115 Å². The summed E-state index contributed by atoms with van der Waals surface area (Å²) in [5.41, 5.74) is 3.67. The highest BCUT2D eigenvalue weighted by Crippen LogP contribution is 2.17. The second-order valence-electron chi connectivity index (χ2n) is 7.92. The first-order valence-corrected chi connectivity index (χ1v) is 12.7. The molecule has 2 aromatic carbocycles. The third-order valence-corrected chi connectivity index (χ3v) is 5.00. The third-order valence-electron chi connectivity index (χ3n) is 5.00. The molecule has 0 saturated carbocycles. The maximum Gasteiger partial charge on any atom is 0.0717 e. The summed E-state index contributed by atoms with van der Waals surface area (Å²) in [6.07, 6.45) is 42.8. The van der Waals surface area contributed by atoms with Gasteiger partial charge in [0.2, 0.25) is 0 Å². The van der Waals surface area contributed by atoms with Crippen molar-refractivity contribution in [2.24, 2.45) is 20.0 Å². The number of hydrogen-bond donors (Lipinski definition) is 0. The predicted molar refractivity (Wildman–Crippen MR) is 171 cm³/mol. The molecule has 3 rings (SSSR count). The maximum atomic E-state index is 4.59. The van der Waals surface area contributed by atoms with Gasteiger partial charge in [0, 0.05) is 54.8 Å². The molecular formula is C35H32N4. The molecule has 1 aliphatic heterocycles. The van der Waals surface area contributed by atoms with Crippen LogP contribution < -0.4 is 0 Å². The van der Waals surface area contributed by atoms with Gasteiger partial charge in [-0.2, -0.15) is 0 Å². The van der Waals surface area contributed by atoms with E-state index in [0.29, 0.717) is 0 Å². The minimum Gasteiger partial charge on any atom is -0.264 e. The fraction of sp³-hybridized carbons (Fsp3) is 0.0286. The standard InChI is InChI=1S/C35H32N4/c1-2-8-12-20-28-38-34-24-16-14-22-32(34)30-36-26-18-10-6-4-5-7-11-19-27-37-31-33-23-15-17-25-35(33)39-29-21-13-9-3-1/h1-20,22-31H,21H2. The van der Waals surface area contributed by atoms with Gasteiger partial charge >= 0.3 is 0 Å². The van der Waals surface area contributed by atoms with Gasteiger partial charge in [0.25, 0.3) is 0 Å². The lowest BCUT2D eigenvalue weighted by molar-refractivity contribution is 1.44. The van der Waals surface area contributed by atoms with Gasteiger partial charge in [-0.15, -0.1) is 0 Å². The van der Waals surface area contributed by atoms with Gasteiger partial charge in [0.15, 0.2) is 0 Å². The molecular weight excluding hydrogens is 476 g/mol. The van der Waals surface area contributed by atoms with Crippen LogP contribution in [0.2, 0.25) is 0 Å². The molecule has 0 N–H and O–H groups in total. The first kappa shape index (κ1) is 28.4. The lowest BCUT2D eigenvalue weighted by Crippen LogP contribution is -1.81. The Hall–Kier alpha value is -5.22. The van der Waals surface area contributed by atoms with E-state index < -0.39 is 0 Å². The molecule has 1 heterocycles. The normalized spacial score (nSPS) is 14.8. The van der Waals surface area contributed by atoms with Crippen LogP contribution in [0.3, 0.4) is 0 Å². The summed E-state index contributed by atoms with van der Waals surface area (Å²) in [7, 11) is 0. The number of aliphatic imine (C=N–C) groups is 4. The van der Waals surface area contributed by atoms with E-state index >= 15 is 0 Å². The van der Waals surface area contributed by atoms with Crippen molar-refractivity contribution >= 4 is 36.2 Å². The minimum atomic E-state index is 0.742. The van der Waals surface area contributed by atoms with Crippen molar-refractivity contribution in [2.75, 3.05) is 0 Å². The Kier molecular flexibility index (Phi) is 13.8. The molecule has 0 aliphatic carbocycles. The Labute approximate surface area is 231 Å². The zero-order chi connectivity index (χ0) is 27.1. The highest BCUT2D eigenvalue weighted by molar-refractivity contribution is 5.89. The van der Waals surface area contributed by atoms with Gasteiger partial charge < -0.3 is 0 Å². The lowest BCUT2D eigenvalue weighted by atomic mass is 10.2. The summed E-state index contributed by atoms with van der Waals surface area (Å²) in [5, 5.41) is 0. The number of allylic oxidation sites excluding steroid dienone is 16. The number of benzene rings is 2. The monoisotopic (exact) mass is 508 g/mol. The molecule has 2 aromatic rings. The van der Waals surface area contributed by atoms with Crippen molar-refractivity contribution in [3.8, 4) is 0 Å². The van der Waals surface area contributed by atoms with Crippen LogP contribution in [0.15, 0.2) is 178 Å². The van der Waals surface area contributed by atoms with Gasteiger partial charge in [-0.05, 0) is 30.4 Å². The molecule has 4 nitrogen and oxygen atoms in total. The van der Waals surface area contributed by atoms with Crippen LogP contribution in [0, 0.1) is 0 Å². The smallest absolute Gasteiger partial charge is 0.0717 e. The Morgan fingerprint density at radius 2 is 0.897 bits per heavy atom. The second-order valence-corrected chi connectivity index (χ2v) is 7.92. The fourth-order valence-corrected chi connectivity index (χ4v) is 3.12. The van der Waals surface area contributed by atoms with Crippen LogP contribution in [-0.4, -0.2) is 24.9 Å². The molecule has 192 valence electrons. The van der Waals surface area contributed by atoms with E-state index in [1.165, 1.54) is 0 Å². The first-order valence-electron chi connectivity index (χ1n) is 12.7. The van der Waals surface area contributed by atoms with Crippen LogP contribution in [0.25, 0.3) is 0 Å². The molecule has 0 amide bonds. The lowest BCUT2D eigenvalue weighted by Gasteiger charge is -1.98. The van der Waals surface area contributed by atoms with E-state index in [2.05, 4.69) is 26.0 Å². The first-order chi connectivity index (χ1) is 19.4. The van der Waals surface area contributed by atoms with Crippen LogP contribution in [-0.2, 0) is 0 Å². The van der Waals surface area contributed by atoms with Gasteiger partial charge in [0.1, 0.15) is 0 Å². The van der Waals surface area contributed by atoms with Gasteiger partial charge in [-0.25, -0.2) is 0 Å². The summed E-state index contributed by atoms with van der Waals surface area (Å²) in [6.45, 7) is 0. The Bertz CT molecular complexity index is 1420. The van der Waals surface area contributed by atoms with E-state index in [9.17, 15) is 0 Å². The number of hydrogen-bond acceptors (Lipinski definition) is 4. The van der Waals surface area contributed by atoms with Crippen molar-refractivity contribution in [1.29, 1.82) is 0 Å². The molecule has 0 atom stereocenters. The molecule has 0 fully saturated rings. The van der Waals surface area contributed by atoms with Gasteiger partial charge in [0.05, 0.1) is 11.4 Å². The molecule has 0 spiro atoms. The quantitative estimate of drug-likeness (QED) is 0.341. The van der Waals surface area contributed by atoms with Crippen LogP contribution in [0.5, 0.6) is 0 Å². The summed E-state index contributed by atoms with van der Waals surface area (Å²) < 4.78 is 0. The molecule has 0 saturated heterocycles. The van der Waals surface area contributed by atoms with Crippen LogP contribution >= 0.6 is 0 Å². The third kappa shape index (κ3) is 12.5. The van der Waals surface area contributed by atoms with Crippen LogP contribution in [0.1, 0.15) is 17.5 Å². The topological polar surface area (TPSA) is 49.4 Å². The Morgan fingerprint density at radius 1 is 0.436 bits per heavy atom. The van der Waals surface area contributed by atoms with Gasteiger partial charge in [-0.3, -0.25) is 20.0 Å². The molecule has 0 radical (unpaired) electrons. The molecule has 0 aromatic heterocycles. The number of nitrogens with zero attached hydrogens (tertiary/aromatic N) is 4. The summed E-state index contributed by atoms with van der Waals surface area (Å²) in [5.74, 6) is 0. The fourth-order valence-electron chi connectivity index (χ4n) is 3.12. The predicted octanol–water partition coefficient (Wildman–Crippen LogP) is 8.95. The summed E-state index contributed by atoms with van der Waals surface area (Å²) in [6, 6.07) is 15.8. The van der Waals surface area contributed by atoms with E-state index in [4.69, 9.17) is 0 Å². The highest BCUT2D eigenvalue weighted by atomic mass is 14.7. The Morgan fingerprint density at radius 3 is 1.49 bits per heavy atom. The van der Waals surface area contributed by atoms with Crippen molar-refractivity contribution in [1.82, 2.24) is 0 Å². The number of fused-ring (bicyclic) bond motifs is 2.